The smallest absolute Gasteiger partial charge is 0.101 e. The van der Waals surface area contributed by atoms with E-state index in [4.69, 9.17) is 12.2 Å². The second-order valence-electron chi connectivity index (χ2n) is 4.28. The third kappa shape index (κ3) is 2.92. The topological polar surface area (TPSA) is 3.24 Å². The highest BCUT2D eigenvalue weighted by Crippen LogP contribution is 2.11. The Kier molecular flexibility index (Phi) is 3.73. The van der Waals surface area contributed by atoms with Gasteiger partial charge in [0.2, 0.25) is 0 Å². The van der Waals surface area contributed by atoms with Crippen LogP contribution in [0.25, 0.3) is 6.08 Å². The van der Waals surface area contributed by atoms with Gasteiger partial charge in [-0.05, 0) is 31.4 Å². The molecule has 1 fully saturated rings. The number of benzene rings is 1. The van der Waals surface area contributed by atoms with Crippen molar-refractivity contribution in [2.75, 3.05) is 13.1 Å². The second kappa shape index (κ2) is 5.26. The highest BCUT2D eigenvalue weighted by atomic mass is 32.1. The Bertz CT molecular complexity index is 386. The fourth-order valence-electron chi connectivity index (χ4n) is 1.89. The quantitative estimate of drug-likeness (QED) is 0.566. The Labute approximate surface area is 103 Å². The fraction of sp³-hybridized carbons (Fsp3) is 0.357. The molecule has 1 aromatic rings. The summed E-state index contributed by atoms with van der Waals surface area (Å²) >= 11 is 5.38. The zero-order valence-electron chi connectivity index (χ0n) is 9.65. The Balaban J connectivity index is 1.97. The first-order chi connectivity index (χ1) is 7.75. The number of aryl methyl sites for hydroxylation is 1. The average Bonchev–Trinajstić information content (AvgIpc) is 2.81. The third-order valence-corrected chi connectivity index (χ3v) is 3.31. The number of thiocarbonyl (C=S) groups is 1. The highest BCUT2D eigenvalue weighted by Gasteiger charge is 2.11. The van der Waals surface area contributed by atoms with Crippen molar-refractivity contribution in [3.8, 4) is 0 Å². The Morgan fingerprint density at radius 2 is 1.81 bits per heavy atom. The van der Waals surface area contributed by atoms with Crippen molar-refractivity contribution in [3.05, 3.63) is 41.5 Å². The minimum atomic E-state index is 0.970. The van der Waals surface area contributed by atoms with Crippen LogP contribution < -0.4 is 0 Å². The van der Waals surface area contributed by atoms with Gasteiger partial charge in [-0.1, -0.05) is 48.1 Å². The number of rotatable bonds is 2. The summed E-state index contributed by atoms with van der Waals surface area (Å²) in [6.45, 7) is 4.34. The van der Waals surface area contributed by atoms with Crippen LogP contribution in [-0.4, -0.2) is 23.0 Å². The molecular formula is C14H17NS. The van der Waals surface area contributed by atoms with E-state index in [1.54, 1.807) is 0 Å². The van der Waals surface area contributed by atoms with Gasteiger partial charge in [-0.15, -0.1) is 0 Å². The molecule has 1 aliphatic rings. The summed E-state index contributed by atoms with van der Waals surface area (Å²) < 4.78 is 0. The Morgan fingerprint density at radius 3 is 2.44 bits per heavy atom. The largest absolute Gasteiger partial charge is 0.363 e. The monoisotopic (exact) mass is 231 g/mol. The summed E-state index contributed by atoms with van der Waals surface area (Å²) in [6.07, 6.45) is 6.70. The van der Waals surface area contributed by atoms with Crippen LogP contribution in [0.4, 0.5) is 0 Å². The van der Waals surface area contributed by atoms with Gasteiger partial charge in [0.25, 0.3) is 0 Å². The molecule has 1 nitrogen and oxygen atoms in total. The van der Waals surface area contributed by atoms with Gasteiger partial charge in [-0.2, -0.15) is 0 Å². The summed E-state index contributed by atoms with van der Waals surface area (Å²) in [5.41, 5.74) is 2.51. The van der Waals surface area contributed by atoms with Gasteiger partial charge in [0.1, 0.15) is 4.99 Å². The minimum absolute atomic E-state index is 0.970. The summed E-state index contributed by atoms with van der Waals surface area (Å²) in [6, 6.07) is 8.49. The van der Waals surface area contributed by atoms with Crippen LogP contribution in [0.15, 0.2) is 30.3 Å². The first-order valence-electron chi connectivity index (χ1n) is 5.79. The number of likely N-dealkylation sites (tertiary alicyclic amines) is 1. The van der Waals surface area contributed by atoms with E-state index in [2.05, 4.69) is 42.2 Å². The van der Waals surface area contributed by atoms with E-state index in [0.29, 0.717) is 0 Å². The van der Waals surface area contributed by atoms with Crippen LogP contribution in [0.1, 0.15) is 24.0 Å². The summed E-state index contributed by atoms with van der Waals surface area (Å²) in [5.74, 6) is 0. The molecule has 2 heteroatoms. The molecule has 16 heavy (non-hydrogen) atoms. The molecular weight excluding hydrogens is 214 g/mol. The van der Waals surface area contributed by atoms with E-state index in [0.717, 1.165) is 18.1 Å². The molecule has 2 rings (SSSR count). The molecule has 1 aliphatic heterocycles. The zero-order chi connectivity index (χ0) is 11.4. The first kappa shape index (κ1) is 11.3. The van der Waals surface area contributed by atoms with E-state index < -0.39 is 0 Å². The molecule has 0 saturated carbocycles. The minimum Gasteiger partial charge on any atom is -0.363 e. The van der Waals surface area contributed by atoms with Gasteiger partial charge in [0, 0.05) is 13.1 Å². The molecule has 1 aromatic carbocycles. The first-order valence-corrected chi connectivity index (χ1v) is 6.20. The van der Waals surface area contributed by atoms with E-state index in [1.807, 2.05) is 6.08 Å². The predicted molar refractivity (Wildman–Crippen MR) is 73.6 cm³/mol. The maximum atomic E-state index is 5.38. The van der Waals surface area contributed by atoms with Crippen LogP contribution in [0.2, 0.25) is 0 Å². The van der Waals surface area contributed by atoms with Crippen molar-refractivity contribution >= 4 is 23.3 Å². The SMILES string of the molecule is Cc1ccc(/C=C/C(=S)N2CCCC2)cc1. The Morgan fingerprint density at radius 1 is 1.19 bits per heavy atom. The third-order valence-electron chi connectivity index (χ3n) is 2.91. The lowest BCUT2D eigenvalue weighted by atomic mass is 10.1. The number of hydrogen-bond acceptors (Lipinski definition) is 1. The van der Waals surface area contributed by atoms with Crippen molar-refractivity contribution < 1.29 is 0 Å². The van der Waals surface area contributed by atoms with Crippen LogP contribution in [-0.2, 0) is 0 Å². The summed E-state index contributed by atoms with van der Waals surface area (Å²) in [4.78, 5) is 3.25. The van der Waals surface area contributed by atoms with E-state index >= 15 is 0 Å². The van der Waals surface area contributed by atoms with Crippen molar-refractivity contribution in [1.82, 2.24) is 4.90 Å². The van der Waals surface area contributed by atoms with Gasteiger partial charge in [-0.25, -0.2) is 0 Å². The van der Waals surface area contributed by atoms with Crippen LogP contribution in [0, 0.1) is 6.92 Å². The highest BCUT2D eigenvalue weighted by molar-refractivity contribution is 7.80. The van der Waals surface area contributed by atoms with Gasteiger partial charge >= 0.3 is 0 Å². The van der Waals surface area contributed by atoms with Crippen molar-refractivity contribution in [1.29, 1.82) is 0 Å². The summed E-state index contributed by atoms with van der Waals surface area (Å²) in [7, 11) is 0. The van der Waals surface area contributed by atoms with Gasteiger partial charge in [-0.3, -0.25) is 0 Å². The number of hydrogen-bond donors (Lipinski definition) is 0. The van der Waals surface area contributed by atoms with E-state index in [9.17, 15) is 0 Å². The van der Waals surface area contributed by atoms with Crippen LogP contribution >= 0.6 is 12.2 Å². The van der Waals surface area contributed by atoms with Gasteiger partial charge in [0.05, 0.1) is 0 Å². The Hall–Kier alpha value is -1.15. The molecule has 0 unspecified atom stereocenters. The lowest BCUT2D eigenvalue weighted by Crippen LogP contribution is -2.23. The molecule has 0 radical (unpaired) electrons. The summed E-state index contributed by atoms with van der Waals surface area (Å²) in [5, 5.41) is 0. The maximum absolute atomic E-state index is 5.38. The van der Waals surface area contributed by atoms with Gasteiger partial charge in [0.15, 0.2) is 0 Å². The standard InChI is InChI=1S/C14H17NS/c1-12-4-6-13(7-5-12)8-9-14(16)15-10-2-3-11-15/h4-9H,2-3,10-11H2,1H3/b9-8+. The molecule has 1 heterocycles. The normalized spacial score (nSPS) is 15.9. The second-order valence-corrected chi connectivity index (χ2v) is 4.69. The van der Waals surface area contributed by atoms with Crippen molar-refractivity contribution in [2.24, 2.45) is 0 Å². The molecule has 0 aromatic heterocycles. The predicted octanol–water partition coefficient (Wildman–Crippen LogP) is 3.43. The van der Waals surface area contributed by atoms with Gasteiger partial charge < -0.3 is 4.90 Å². The average molecular weight is 231 g/mol. The molecule has 0 spiro atoms. The molecule has 84 valence electrons. The molecule has 0 bridgehead atoms. The zero-order valence-corrected chi connectivity index (χ0v) is 10.5. The fourth-order valence-corrected chi connectivity index (χ4v) is 2.14. The van der Waals surface area contributed by atoms with Crippen LogP contribution in [0.3, 0.4) is 0 Å². The van der Waals surface area contributed by atoms with Crippen molar-refractivity contribution in [2.45, 2.75) is 19.8 Å². The molecule has 0 N–H and O–H groups in total. The number of nitrogens with zero attached hydrogens (tertiary/aromatic N) is 1. The molecule has 0 atom stereocenters. The van der Waals surface area contributed by atoms with Crippen LogP contribution in [0.5, 0.6) is 0 Å². The lowest BCUT2D eigenvalue weighted by Gasteiger charge is -2.15. The maximum Gasteiger partial charge on any atom is 0.101 e. The van der Waals surface area contributed by atoms with E-state index in [1.165, 1.54) is 24.0 Å². The van der Waals surface area contributed by atoms with E-state index in [-0.39, 0.29) is 0 Å². The lowest BCUT2D eigenvalue weighted by molar-refractivity contribution is 0.532. The molecule has 1 saturated heterocycles. The molecule has 0 amide bonds. The molecule has 0 aliphatic carbocycles. The van der Waals surface area contributed by atoms with Crippen molar-refractivity contribution in [3.63, 3.8) is 0 Å².